The zero-order valence-electron chi connectivity index (χ0n) is 10.4. The van der Waals surface area contributed by atoms with Crippen LogP contribution in [0.1, 0.15) is 31.1 Å². The Labute approximate surface area is 111 Å². The van der Waals surface area contributed by atoms with Gasteiger partial charge in [0.1, 0.15) is 17.1 Å². The third-order valence-electron chi connectivity index (χ3n) is 2.21. The molecule has 1 aromatic rings. The molecule has 0 saturated carbocycles. The summed E-state index contributed by atoms with van der Waals surface area (Å²) in [6.07, 6.45) is 3.26. The lowest BCUT2D eigenvalue weighted by atomic mass is 10.2. The van der Waals surface area contributed by atoms with E-state index < -0.39 is 5.63 Å². The number of hydrogen-bond acceptors (Lipinski definition) is 4. The van der Waals surface area contributed by atoms with E-state index in [4.69, 9.17) is 16.6 Å². The van der Waals surface area contributed by atoms with E-state index in [0.29, 0.717) is 5.76 Å². The van der Waals surface area contributed by atoms with Crippen LogP contribution in [-0.2, 0) is 0 Å². The first-order valence-corrected chi connectivity index (χ1v) is 6.11. The topological polar surface area (TPSA) is 74.8 Å². The number of thiocarbonyl (C=S) groups is 1. The molecule has 0 amide bonds. The lowest BCUT2D eigenvalue weighted by molar-refractivity contribution is 0.433. The number of nitrogens with zero attached hydrogens (tertiary/aromatic N) is 1. The van der Waals surface area contributed by atoms with Crippen LogP contribution in [-0.4, -0.2) is 23.0 Å². The quantitative estimate of drug-likeness (QED) is 0.494. The Morgan fingerprint density at radius 2 is 2.39 bits per heavy atom. The van der Waals surface area contributed by atoms with Crippen molar-refractivity contribution in [2.45, 2.75) is 26.7 Å². The fraction of sp³-hybridized carbons (Fsp3) is 0.417. The number of rotatable bonds is 4. The molecular weight excluding hydrogens is 252 g/mol. The third kappa shape index (κ3) is 4.29. The Morgan fingerprint density at radius 3 is 3.00 bits per heavy atom. The molecule has 1 heterocycles. The van der Waals surface area contributed by atoms with Crippen molar-refractivity contribution in [2.75, 3.05) is 6.54 Å². The van der Waals surface area contributed by atoms with Gasteiger partial charge in [-0.2, -0.15) is 0 Å². The fourth-order valence-electron chi connectivity index (χ4n) is 1.27. The van der Waals surface area contributed by atoms with Gasteiger partial charge in [-0.15, -0.1) is 0 Å². The molecule has 0 aliphatic carbocycles. The first kappa shape index (κ1) is 14.4. The summed E-state index contributed by atoms with van der Waals surface area (Å²) in [6, 6.07) is 1.36. The summed E-state index contributed by atoms with van der Waals surface area (Å²) in [6.45, 7) is 4.39. The number of nitrogens with one attached hydrogen (secondary N) is 1. The monoisotopic (exact) mass is 268 g/mol. The van der Waals surface area contributed by atoms with Crippen LogP contribution in [0.2, 0.25) is 0 Å². The molecule has 2 N–H and O–H groups in total. The van der Waals surface area contributed by atoms with Gasteiger partial charge in [0.2, 0.25) is 0 Å². The van der Waals surface area contributed by atoms with Crippen molar-refractivity contribution >= 4 is 23.5 Å². The van der Waals surface area contributed by atoms with E-state index >= 15 is 0 Å². The highest BCUT2D eigenvalue weighted by atomic mass is 32.1. The molecule has 1 rings (SSSR count). The molecule has 0 radical (unpaired) electrons. The number of aromatic hydroxyl groups is 1. The van der Waals surface area contributed by atoms with E-state index in [-0.39, 0.29) is 16.4 Å². The Bertz CT molecular complexity index is 509. The van der Waals surface area contributed by atoms with Crippen molar-refractivity contribution in [1.82, 2.24) is 5.32 Å². The lowest BCUT2D eigenvalue weighted by Crippen LogP contribution is -2.21. The van der Waals surface area contributed by atoms with Gasteiger partial charge in [-0.3, -0.25) is 0 Å². The molecule has 98 valence electrons. The second-order valence-electron chi connectivity index (χ2n) is 3.79. The summed E-state index contributed by atoms with van der Waals surface area (Å²) in [7, 11) is 0. The van der Waals surface area contributed by atoms with Crippen LogP contribution >= 0.6 is 12.2 Å². The van der Waals surface area contributed by atoms with Gasteiger partial charge in [0.05, 0.1) is 0 Å². The summed E-state index contributed by atoms with van der Waals surface area (Å²) in [5.41, 5.74) is -0.632. The highest BCUT2D eigenvalue weighted by molar-refractivity contribution is 7.80. The standard InChI is InChI=1S/C12H16N2O3S/c1-3-4-5-13-12(18)14-7-9-10(15)6-8(2)17-11(9)16/h6-7,15H,3-5H2,1-2H3,(H,13,18). The molecule has 0 unspecified atom stereocenters. The molecule has 5 nitrogen and oxygen atoms in total. The normalized spacial score (nSPS) is 10.8. The fourth-order valence-corrected chi connectivity index (χ4v) is 1.42. The maximum Gasteiger partial charge on any atom is 0.348 e. The van der Waals surface area contributed by atoms with E-state index in [1.54, 1.807) is 6.92 Å². The zero-order chi connectivity index (χ0) is 13.5. The molecule has 0 fully saturated rings. The zero-order valence-corrected chi connectivity index (χ0v) is 11.2. The smallest absolute Gasteiger partial charge is 0.348 e. The summed E-state index contributed by atoms with van der Waals surface area (Å²) in [5.74, 6) is 0.183. The van der Waals surface area contributed by atoms with Gasteiger partial charge >= 0.3 is 5.63 Å². The first-order valence-electron chi connectivity index (χ1n) is 5.70. The molecule has 18 heavy (non-hydrogen) atoms. The molecule has 0 bridgehead atoms. The molecule has 0 aromatic carbocycles. The summed E-state index contributed by atoms with van der Waals surface area (Å²) in [5, 5.41) is 12.8. The van der Waals surface area contributed by atoms with E-state index in [9.17, 15) is 9.90 Å². The van der Waals surface area contributed by atoms with E-state index in [0.717, 1.165) is 19.4 Å². The number of unbranched alkanes of at least 4 members (excludes halogenated alkanes) is 1. The maximum atomic E-state index is 11.5. The van der Waals surface area contributed by atoms with Gasteiger partial charge in [-0.1, -0.05) is 13.3 Å². The van der Waals surface area contributed by atoms with Crippen molar-refractivity contribution in [2.24, 2.45) is 4.99 Å². The second kappa shape index (κ2) is 6.90. The van der Waals surface area contributed by atoms with E-state index in [2.05, 4.69) is 17.2 Å². The van der Waals surface area contributed by atoms with Crippen LogP contribution in [0, 0.1) is 6.92 Å². The summed E-state index contributed by atoms with van der Waals surface area (Å²) in [4.78, 5) is 15.3. The molecular formula is C12H16N2O3S. The predicted octanol–water partition coefficient (Wildman–Crippen LogP) is 1.75. The van der Waals surface area contributed by atoms with Crippen molar-refractivity contribution < 1.29 is 9.52 Å². The van der Waals surface area contributed by atoms with Crippen LogP contribution in [0.4, 0.5) is 0 Å². The minimum Gasteiger partial charge on any atom is -0.507 e. The molecule has 0 aliphatic rings. The highest BCUT2D eigenvalue weighted by Crippen LogP contribution is 2.12. The molecule has 1 aromatic heterocycles. The predicted molar refractivity (Wildman–Crippen MR) is 74.5 cm³/mol. The van der Waals surface area contributed by atoms with Gasteiger partial charge in [-0.05, 0) is 25.6 Å². The largest absolute Gasteiger partial charge is 0.507 e. The summed E-state index contributed by atoms with van der Waals surface area (Å²) >= 11 is 4.96. The Hall–Kier alpha value is -1.69. The maximum absolute atomic E-state index is 11.5. The molecule has 0 spiro atoms. The Balaban J connectivity index is 2.73. The number of aryl methyl sites for hydroxylation is 1. The van der Waals surface area contributed by atoms with E-state index in [1.165, 1.54) is 12.3 Å². The summed E-state index contributed by atoms with van der Waals surface area (Å²) < 4.78 is 4.85. The van der Waals surface area contributed by atoms with Crippen LogP contribution < -0.4 is 10.9 Å². The first-order chi connectivity index (χ1) is 8.54. The van der Waals surface area contributed by atoms with Gasteiger partial charge in [0.25, 0.3) is 0 Å². The van der Waals surface area contributed by atoms with Crippen LogP contribution in [0.3, 0.4) is 0 Å². The van der Waals surface area contributed by atoms with Crippen LogP contribution in [0.5, 0.6) is 5.75 Å². The van der Waals surface area contributed by atoms with Crippen molar-refractivity contribution in [3.8, 4) is 5.75 Å². The van der Waals surface area contributed by atoms with Crippen molar-refractivity contribution in [3.05, 3.63) is 27.8 Å². The Morgan fingerprint density at radius 1 is 1.67 bits per heavy atom. The minimum atomic E-state index is -0.632. The molecule has 6 heteroatoms. The van der Waals surface area contributed by atoms with Crippen molar-refractivity contribution in [3.63, 3.8) is 0 Å². The molecule has 0 aliphatic heterocycles. The average Bonchev–Trinajstić information content (AvgIpc) is 2.27. The van der Waals surface area contributed by atoms with Gasteiger partial charge in [-0.25, -0.2) is 9.79 Å². The SMILES string of the molecule is CCCCNC(=S)N=Cc1c(O)cc(C)oc1=O. The number of hydrogen-bond donors (Lipinski definition) is 2. The third-order valence-corrected chi connectivity index (χ3v) is 2.46. The van der Waals surface area contributed by atoms with Gasteiger partial charge < -0.3 is 14.8 Å². The van der Waals surface area contributed by atoms with Crippen molar-refractivity contribution in [1.29, 1.82) is 0 Å². The Kier molecular flexibility index (Phi) is 5.51. The van der Waals surface area contributed by atoms with Crippen LogP contribution in [0.25, 0.3) is 0 Å². The second-order valence-corrected chi connectivity index (χ2v) is 4.17. The van der Waals surface area contributed by atoms with Gasteiger partial charge in [0.15, 0.2) is 5.11 Å². The highest BCUT2D eigenvalue weighted by Gasteiger charge is 2.07. The average molecular weight is 268 g/mol. The van der Waals surface area contributed by atoms with Gasteiger partial charge in [0, 0.05) is 18.8 Å². The van der Waals surface area contributed by atoms with Crippen LogP contribution in [0.15, 0.2) is 20.3 Å². The lowest BCUT2D eigenvalue weighted by Gasteiger charge is -2.02. The van der Waals surface area contributed by atoms with E-state index in [1.807, 2.05) is 0 Å². The molecule has 0 saturated heterocycles. The number of aliphatic imine (C=N–C) groups is 1. The molecule has 0 atom stereocenters. The minimum absolute atomic E-state index is 0.000224.